The zero-order valence-electron chi connectivity index (χ0n) is 7.09. The van der Waals surface area contributed by atoms with Crippen LogP contribution < -0.4 is 0 Å². The van der Waals surface area contributed by atoms with E-state index < -0.39 is 0 Å². The molecule has 0 amide bonds. The molecule has 2 heteroatoms. The minimum Gasteiger partial charge on any atom is -0.462 e. The summed E-state index contributed by atoms with van der Waals surface area (Å²) in [4.78, 5) is 10.9. The van der Waals surface area contributed by atoms with E-state index in [0.29, 0.717) is 18.1 Å². The van der Waals surface area contributed by atoms with Gasteiger partial charge in [-0.2, -0.15) is 0 Å². The van der Waals surface area contributed by atoms with Crippen molar-refractivity contribution in [2.75, 3.05) is 6.61 Å². The van der Waals surface area contributed by atoms with Gasteiger partial charge in [0.25, 0.3) is 0 Å². The van der Waals surface area contributed by atoms with Gasteiger partial charge in [0.15, 0.2) is 0 Å². The van der Waals surface area contributed by atoms with E-state index >= 15 is 0 Å². The molecule has 1 aliphatic rings. The molecule has 0 aromatic heterocycles. The van der Waals surface area contributed by atoms with E-state index in [9.17, 15) is 4.79 Å². The molecule has 11 heavy (non-hydrogen) atoms. The second-order valence-corrected chi connectivity index (χ2v) is 3.35. The first-order chi connectivity index (χ1) is 5.11. The molecule has 0 N–H and O–H groups in total. The maximum absolute atomic E-state index is 10.9. The minimum absolute atomic E-state index is 0.260. The summed E-state index contributed by atoms with van der Waals surface area (Å²) in [6.07, 6.45) is 1.20. The maximum Gasteiger partial charge on any atom is 0.333 e. The molecule has 0 radical (unpaired) electrons. The van der Waals surface area contributed by atoms with Gasteiger partial charge in [0, 0.05) is 5.57 Å². The van der Waals surface area contributed by atoms with E-state index in [4.69, 9.17) is 4.74 Å². The maximum atomic E-state index is 10.9. The van der Waals surface area contributed by atoms with Crippen LogP contribution in [0.15, 0.2) is 12.2 Å². The molecule has 2 atom stereocenters. The van der Waals surface area contributed by atoms with Crippen LogP contribution in [0.3, 0.4) is 0 Å². The van der Waals surface area contributed by atoms with Gasteiger partial charge < -0.3 is 4.74 Å². The summed E-state index contributed by atoms with van der Waals surface area (Å²) in [5.74, 6) is 1.09. The van der Waals surface area contributed by atoms with Crippen molar-refractivity contribution in [2.24, 2.45) is 11.8 Å². The Balaban J connectivity index is 2.12. The Morgan fingerprint density at radius 3 is 2.64 bits per heavy atom. The monoisotopic (exact) mass is 154 g/mol. The predicted octanol–water partition coefficient (Wildman–Crippen LogP) is 1.76. The van der Waals surface area contributed by atoms with E-state index in [1.54, 1.807) is 6.92 Å². The van der Waals surface area contributed by atoms with Crippen LogP contribution in [0, 0.1) is 11.8 Å². The van der Waals surface area contributed by atoms with E-state index in [2.05, 4.69) is 13.5 Å². The molecule has 0 aliphatic heterocycles. The molecule has 0 heterocycles. The van der Waals surface area contributed by atoms with Crippen molar-refractivity contribution >= 4 is 5.97 Å². The van der Waals surface area contributed by atoms with Gasteiger partial charge in [-0.3, -0.25) is 0 Å². The molecule has 62 valence electrons. The van der Waals surface area contributed by atoms with Gasteiger partial charge in [0.2, 0.25) is 0 Å². The molecular weight excluding hydrogens is 140 g/mol. The molecule has 0 spiro atoms. The van der Waals surface area contributed by atoms with Crippen molar-refractivity contribution in [2.45, 2.75) is 20.3 Å². The summed E-state index contributed by atoms with van der Waals surface area (Å²) in [5.41, 5.74) is 0.485. The van der Waals surface area contributed by atoms with Gasteiger partial charge in [-0.1, -0.05) is 13.5 Å². The van der Waals surface area contributed by atoms with Crippen LogP contribution in [-0.4, -0.2) is 12.6 Å². The molecule has 1 aliphatic carbocycles. The molecule has 0 aromatic carbocycles. The molecule has 1 rings (SSSR count). The lowest BCUT2D eigenvalue weighted by Gasteiger charge is -2.01. The second kappa shape index (κ2) is 3.07. The van der Waals surface area contributed by atoms with Gasteiger partial charge in [-0.25, -0.2) is 4.79 Å². The highest BCUT2D eigenvalue weighted by atomic mass is 16.5. The van der Waals surface area contributed by atoms with Crippen LogP contribution in [0.25, 0.3) is 0 Å². The number of carbonyl (C=O) groups excluding carboxylic acids is 1. The van der Waals surface area contributed by atoms with E-state index in [-0.39, 0.29) is 5.97 Å². The summed E-state index contributed by atoms with van der Waals surface area (Å²) >= 11 is 0. The predicted molar refractivity (Wildman–Crippen MR) is 43.0 cm³/mol. The van der Waals surface area contributed by atoms with Crippen molar-refractivity contribution in [1.82, 2.24) is 0 Å². The highest BCUT2D eigenvalue weighted by molar-refractivity contribution is 5.86. The van der Waals surface area contributed by atoms with Crippen molar-refractivity contribution in [3.8, 4) is 0 Å². The molecule has 0 saturated heterocycles. The lowest BCUT2D eigenvalue weighted by molar-refractivity contribution is -0.139. The third kappa shape index (κ3) is 2.37. The summed E-state index contributed by atoms with van der Waals surface area (Å²) in [5, 5.41) is 0. The fourth-order valence-corrected chi connectivity index (χ4v) is 0.937. The SMILES string of the molecule is C=C(C)C(=O)OCC1CC1C. The van der Waals surface area contributed by atoms with Crippen molar-refractivity contribution < 1.29 is 9.53 Å². The highest BCUT2D eigenvalue weighted by Gasteiger charge is 2.33. The first kappa shape index (κ1) is 8.31. The van der Waals surface area contributed by atoms with Crippen LogP contribution >= 0.6 is 0 Å². The number of ether oxygens (including phenoxy) is 1. The lowest BCUT2D eigenvalue weighted by Crippen LogP contribution is -2.07. The van der Waals surface area contributed by atoms with Crippen LogP contribution in [0.1, 0.15) is 20.3 Å². The first-order valence-corrected chi connectivity index (χ1v) is 3.94. The molecule has 0 bridgehead atoms. The lowest BCUT2D eigenvalue weighted by atomic mass is 10.3. The minimum atomic E-state index is -0.260. The Bertz CT molecular complexity index is 184. The van der Waals surface area contributed by atoms with Crippen LogP contribution in [0.2, 0.25) is 0 Å². The zero-order valence-corrected chi connectivity index (χ0v) is 7.09. The molecule has 0 aromatic rings. The summed E-state index contributed by atoms with van der Waals surface area (Å²) < 4.78 is 4.96. The fraction of sp³-hybridized carbons (Fsp3) is 0.667. The van der Waals surface area contributed by atoms with Gasteiger partial charge in [0.1, 0.15) is 0 Å². The smallest absolute Gasteiger partial charge is 0.333 e. The fourth-order valence-electron chi connectivity index (χ4n) is 0.937. The summed E-state index contributed by atoms with van der Waals surface area (Å²) in [6, 6.07) is 0. The van der Waals surface area contributed by atoms with Crippen LogP contribution in [0.5, 0.6) is 0 Å². The number of rotatable bonds is 3. The molecule has 2 unspecified atom stereocenters. The van der Waals surface area contributed by atoms with Crippen LogP contribution in [0.4, 0.5) is 0 Å². The summed E-state index contributed by atoms with van der Waals surface area (Å²) in [7, 11) is 0. The topological polar surface area (TPSA) is 26.3 Å². The van der Waals surface area contributed by atoms with Crippen molar-refractivity contribution in [3.63, 3.8) is 0 Å². The van der Waals surface area contributed by atoms with Gasteiger partial charge >= 0.3 is 5.97 Å². The highest BCUT2D eigenvalue weighted by Crippen LogP contribution is 2.37. The third-order valence-corrected chi connectivity index (χ3v) is 2.05. The largest absolute Gasteiger partial charge is 0.462 e. The Kier molecular flexibility index (Phi) is 2.32. The Morgan fingerprint density at radius 2 is 2.27 bits per heavy atom. The first-order valence-electron chi connectivity index (χ1n) is 3.94. The van der Waals surface area contributed by atoms with Gasteiger partial charge in [0.05, 0.1) is 6.61 Å². The molecule has 1 saturated carbocycles. The number of esters is 1. The van der Waals surface area contributed by atoms with E-state index in [1.165, 1.54) is 6.42 Å². The second-order valence-electron chi connectivity index (χ2n) is 3.35. The Morgan fingerprint density at radius 1 is 1.73 bits per heavy atom. The number of carbonyl (C=O) groups is 1. The van der Waals surface area contributed by atoms with Crippen molar-refractivity contribution in [3.05, 3.63) is 12.2 Å². The third-order valence-electron chi connectivity index (χ3n) is 2.05. The van der Waals surface area contributed by atoms with Gasteiger partial charge in [-0.15, -0.1) is 0 Å². The van der Waals surface area contributed by atoms with Crippen LogP contribution in [-0.2, 0) is 9.53 Å². The Hall–Kier alpha value is -0.790. The number of hydrogen-bond donors (Lipinski definition) is 0. The zero-order chi connectivity index (χ0) is 8.43. The average Bonchev–Trinajstić information content (AvgIpc) is 2.61. The van der Waals surface area contributed by atoms with E-state index in [1.807, 2.05) is 0 Å². The van der Waals surface area contributed by atoms with Crippen molar-refractivity contribution in [1.29, 1.82) is 0 Å². The quantitative estimate of drug-likeness (QED) is 0.457. The molecular formula is C9H14O2. The standard InChI is InChI=1S/C9H14O2/c1-6(2)9(10)11-5-8-4-7(8)3/h7-8H,1,4-5H2,2-3H3. The number of hydrogen-bond acceptors (Lipinski definition) is 2. The Labute approximate surface area is 67.2 Å². The molecule has 1 fully saturated rings. The summed E-state index contributed by atoms with van der Waals surface area (Å²) in [6.45, 7) is 7.91. The van der Waals surface area contributed by atoms with Gasteiger partial charge in [-0.05, 0) is 25.2 Å². The normalized spacial score (nSPS) is 27.8. The van der Waals surface area contributed by atoms with E-state index in [0.717, 1.165) is 5.92 Å². The molecule has 2 nitrogen and oxygen atoms in total. The average molecular weight is 154 g/mol.